The first-order valence-electron chi connectivity index (χ1n) is 5.91. The molecule has 2 rings (SSSR count). The van der Waals surface area contributed by atoms with Gasteiger partial charge in [0, 0.05) is 6.42 Å². The molecular weight excluding hydrogens is 230 g/mol. The summed E-state index contributed by atoms with van der Waals surface area (Å²) in [7, 11) is 0. The highest BCUT2D eigenvalue weighted by molar-refractivity contribution is 7.71. The summed E-state index contributed by atoms with van der Waals surface area (Å²) in [6.45, 7) is 5.08. The average Bonchev–Trinajstić information content (AvgIpc) is 2.65. The minimum absolute atomic E-state index is 0.705. The SMILES string of the molecule is CCCc1n[nH]c(=S)n1Cc1ccccc1C. The zero-order valence-corrected chi connectivity index (χ0v) is 11.0. The van der Waals surface area contributed by atoms with Crippen molar-refractivity contribution in [3.8, 4) is 0 Å². The fourth-order valence-corrected chi connectivity index (χ4v) is 2.10. The van der Waals surface area contributed by atoms with Crippen molar-refractivity contribution in [1.82, 2.24) is 14.8 Å². The van der Waals surface area contributed by atoms with Gasteiger partial charge < -0.3 is 0 Å². The monoisotopic (exact) mass is 247 g/mol. The van der Waals surface area contributed by atoms with Gasteiger partial charge in [-0.1, -0.05) is 31.2 Å². The maximum Gasteiger partial charge on any atom is 0.195 e. The number of nitrogens with zero attached hydrogens (tertiary/aromatic N) is 2. The lowest BCUT2D eigenvalue weighted by molar-refractivity contribution is 0.697. The smallest absolute Gasteiger partial charge is 0.195 e. The Balaban J connectivity index is 2.33. The van der Waals surface area contributed by atoms with Crippen LogP contribution < -0.4 is 0 Å². The fraction of sp³-hybridized carbons (Fsp3) is 0.385. The number of benzene rings is 1. The Morgan fingerprint density at radius 3 is 2.82 bits per heavy atom. The Kier molecular flexibility index (Phi) is 3.74. The number of H-pyrrole nitrogens is 1. The second-order valence-corrected chi connectivity index (χ2v) is 4.59. The van der Waals surface area contributed by atoms with Gasteiger partial charge in [-0.05, 0) is 36.7 Å². The molecule has 0 bridgehead atoms. The van der Waals surface area contributed by atoms with Crippen molar-refractivity contribution < 1.29 is 0 Å². The number of hydrogen-bond donors (Lipinski definition) is 1. The third kappa shape index (κ3) is 2.64. The van der Waals surface area contributed by atoms with Gasteiger partial charge in [0.25, 0.3) is 0 Å². The maximum absolute atomic E-state index is 5.27. The second kappa shape index (κ2) is 5.27. The summed E-state index contributed by atoms with van der Waals surface area (Å²) in [6, 6.07) is 8.38. The molecule has 0 atom stereocenters. The largest absolute Gasteiger partial charge is 0.300 e. The van der Waals surface area contributed by atoms with Gasteiger partial charge in [0.2, 0.25) is 0 Å². The molecular formula is C13H17N3S. The molecule has 0 saturated carbocycles. The highest BCUT2D eigenvalue weighted by atomic mass is 32.1. The van der Waals surface area contributed by atoms with Crippen LogP contribution in [0, 0.1) is 11.7 Å². The number of nitrogens with one attached hydrogen (secondary N) is 1. The lowest BCUT2D eigenvalue weighted by Gasteiger charge is -2.08. The third-order valence-electron chi connectivity index (χ3n) is 2.90. The quantitative estimate of drug-likeness (QED) is 0.841. The van der Waals surface area contributed by atoms with Gasteiger partial charge in [-0.25, -0.2) is 0 Å². The number of hydrogen-bond acceptors (Lipinski definition) is 2. The molecule has 0 amide bonds. The summed E-state index contributed by atoms with van der Waals surface area (Å²) in [5, 5.41) is 7.15. The van der Waals surface area contributed by atoms with Crippen LogP contribution in [0.4, 0.5) is 0 Å². The summed E-state index contributed by atoms with van der Waals surface area (Å²) in [5.74, 6) is 1.04. The first kappa shape index (κ1) is 12.0. The summed E-state index contributed by atoms with van der Waals surface area (Å²) in [6.07, 6.45) is 2.03. The van der Waals surface area contributed by atoms with E-state index in [0.29, 0.717) is 4.77 Å². The topological polar surface area (TPSA) is 33.6 Å². The molecule has 0 radical (unpaired) electrons. The lowest BCUT2D eigenvalue weighted by Crippen LogP contribution is -2.06. The van der Waals surface area contributed by atoms with Crippen molar-refractivity contribution >= 4 is 12.2 Å². The van der Waals surface area contributed by atoms with Gasteiger partial charge in [-0.3, -0.25) is 9.67 Å². The van der Waals surface area contributed by atoms with E-state index in [0.717, 1.165) is 25.2 Å². The number of aromatic nitrogens is 3. The Morgan fingerprint density at radius 2 is 2.12 bits per heavy atom. The Labute approximate surface area is 106 Å². The first-order chi connectivity index (χ1) is 8.22. The van der Waals surface area contributed by atoms with E-state index in [9.17, 15) is 0 Å². The molecule has 0 aliphatic heterocycles. The van der Waals surface area contributed by atoms with E-state index < -0.39 is 0 Å². The van der Waals surface area contributed by atoms with Crippen LogP contribution in [-0.4, -0.2) is 14.8 Å². The summed E-state index contributed by atoms with van der Waals surface area (Å²) in [4.78, 5) is 0. The number of aromatic amines is 1. The molecule has 0 saturated heterocycles. The zero-order valence-electron chi connectivity index (χ0n) is 10.2. The molecule has 17 heavy (non-hydrogen) atoms. The van der Waals surface area contributed by atoms with Gasteiger partial charge in [0.1, 0.15) is 5.82 Å². The van der Waals surface area contributed by atoms with Crippen LogP contribution in [0.5, 0.6) is 0 Å². The highest BCUT2D eigenvalue weighted by Gasteiger charge is 2.06. The molecule has 1 heterocycles. The van der Waals surface area contributed by atoms with Crippen molar-refractivity contribution in [2.24, 2.45) is 0 Å². The van der Waals surface area contributed by atoms with E-state index >= 15 is 0 Å². The standard InChI is InChI=1S/C13H17N3S/c1-3-6-12-14-15-13(17)16(12)9-11-8-5-4-7-10(11)2/h4-5,7-8H,3,6,9H2,1-2H3,(H,15,17). The number of rotatable bonds is 4. The van der Waals surface area contributed by atoms with Crippen LogP contribution in [0.1, 0.15) is 30.3 Å². The predicted molar refractivity (Wildman–Crippen MR) is 71.7 cm³/mol. The molecule has 3 nitrogen and oxygen atoms in total. The fourth-order valence-electron chi connectivity index (χ4n) is 1.89. The van der Waals surface area contributed by atoms with Crippen molar-refractivity contribution in [2.75, 3.05) is 0 Å². The van der Waals surface area contributed by atoms with Gasteiger partial charge in [-0.15, -0.1) is 0 Å². The second-order valence-electron chi connectivity index (χ2n) is 4.21. The van der Waals surface area contributed by atoms with Gasteiger partial charge in [0.15, 0.2) is 4.77 Å². The van der Waals surface area contributed by atoms with Crippen molar-refractivity contribution in [3.63, 3.8) is 0 Å². The van der Waals surface area contributed by atoms with Crippen molar-refractivity contribution in [2.45, 2.75) is 33.2 Å². The van der Waals surface area contributed by atoms with Crippen LogP contribution in [0.25, 0.3) is 0 Å². The molecule has 0 spiro atoms. The molecule has 0 fully saturated rings. The van der Waals surface area contributed by atoms with Gasteiger partial charge >= 0.3 is 0 Å². The van der Waals surface area contributed by atoms with Crippen LogP contribution in [0.15, 0.2) is 24.3 Å². The molecule has 90 valence electrons. The summed E-state index contributed by atoms with van der Waals surface area (Å²) < 4.78 is 2.79. The van der Waals surface area contributed by atoms with Gasteiger partial charge in [0.05, 0.1) is 6.54 Å². The Hall–Kier alpha value is -1.42. The number of aryl methyl sites for hydroxylation is 2. The van der Waals surface area contributed by atoms with Crippen LogP contribution in [0.2, 0.25) is 0 Å². The molecule has 0 unspecified atom stereocenters. The molecule has 1 aromatic carbocycles. The summed E-state index contributed by atoms with van der Waals surface area (Å²) >= 11 is 5.27. The zero-order chi connectivity index (χ0) is 12.3. The van der Waals surface area contributed by atoms with Crippen molar-refractivity contribution in [1.29, 1.82) is 0 Å². The van der Waals surface area contributed by atoms with Crippen molar-refractivity contribution in [3.05, 3.63) is 46.0 Å². The highest BCUT2D eigenvalue weighted by Crippen LogP contribution is 2.11. The van der Waals surface area contributed by atoms with E-state index in [4.69, 9.17) is 12.2 Å². The Bertz CT molecular complexity index is 554. The van der Waals surface area contributed by atoms with Crippen LogP contribution >= 0.6 is 12.2 Å². The normalized spacial score (nSPS) is 10.7. The van der Waals surface area contributed by atoms with Crippen LogP contribution in [-0.2, 0) is 13.0 Å². The first-order valence-corrected chi connectivity index (χ1v) is 6.31. The molecule has 0 aliphatic carbocycles. The molecule has 2 aromatic rings. The molecule has 1 aromatic heterocycles. The van der Waals surface area contributed by atoms with E-state index in [1.807, 2.05) is 0 Å². The molecule has 1 N–H and O–H groups in total. The van der Waals surface area contributed by atoms with Crippen LogP contribution in [0.3, 0.4) is 0 Å². The van der Waals surface area contributed by atoms with E-state index in [1.54, 1.807) is 0 Å². The van der Waals surface area contributed by atoms with E-state index in [1.165, 1.54) is 11.1 Å². The predicted octanol–water partition coefficient (Wildman–Crippen LogP) is 3.25. The maximum atomic E-state index is 5.27. The average molecular weight is 247 g/mol. The van der Waals surface area contributed by atoms with E-state index in [2.05, 4.69) is 52.9 Å². The van der Waals surface area contributed by atoms with Gasteiger partial charge in [-0.2, -0.15) is 5.10 Å². The lowest BCUT2D eigenvalue weighted by atomic mass is 10.1. The Morgan fingerprint density at radius 1 is 1.35 bits per heavy atom. The third-order valence-corrected chi connectivity index (χ3v) is 3.21. The molecule has 4 heteroatoms. The van der Waals surface area contributed by atoms with E-state index in [-0.39, 0.29) is 0 Å². The minimum Gasteiger partial charge on any atom is -0.300 e. The summed E-state index contributed by atoms with van der Waals surface area (Å²) in [5.41, 5.74) is 2.58. The minimum atomic E-state index is 0.705. The molecule has 0 aliphatic rings.